The molecule has 2 atom stereocenters. The lowest BCUT2D eigenvalue weighted by molar-refractivity contribution is -0.0450. The van der Waals surface area contributed by atoms with Gasteiger partial charge in [0, 0.05) is 40.0 Å². The normalized spacial score (nSPS) is 16.4. The number of rotatable bonds is 9. The van der Waals surface area contributed by atoms with Crippen LogP contribution in [0.15, 0.2) is 47.7 Å². The Balaban J connectivity index is 2.00. The highest BCUT2D eigenvalue weighted by Gasteiger charge is 2.34. The van der Waals surface area contributed by atoms with Crippen LogP contribution in [0.2, 0.25) is 0 Å². The lowest BCUT2D eigenvalue weighted by atomic mass is 10.2. The summed E-state index contributed by atoms with van der Waals surface area (Å²) in [4.78, 5) is 20.3. The Morgan fingerprint density at radius 1 is 1.31 bits per heavy atom. The van der Waals surface area contributed by atoms with Gasteiger partial charge in [0.05, 0.1) is 13.2 Å². The highest BCUT2D eigenvalue weighted by Crippen LogP contribution is 2.22. The summed E-state index contributed by atoms with van der Waals surface area (Å²) in [6.07, 6.45) is 3.09. The molecule has 0 fully saturated rings. The first kappa shape index (κ1) is 22.6. The number of hydrogen-bond acceptors (Lipinski definition) is 7. The molecule has 9 heteroatoms. The zero-order chi connectivity index (χ0) is 21.2. The van der Waals surface area contributed by atoms with Crippen molar-refractivity contribution in [2.75, 3.05) is 34.5 Å². The second-order valence-corrected chi connectivity index (χ2v) is 7.08. The van der Waals surface area contributed by atoms with E-state index in [1.54, 1.807) is 4.90 Å². The van der Waals surface area contributed by atoms with E-state index in [1.165, 1.54) is 0 Å². The standard InChI is InChI=1S/C20H28N4O4S/c1-21-19(25)27-13-10-17(28-20(29)22(2)3)18-23(4)11-12-24(18)15-26-14-16-8-6-5-7-9-16/h5-9,11-12,17-18H,1,10,13-15H2,2-4H3/t17-,18?/m0/s1. The van der Waals surface area contributed by atoms with E-state index in [0.29, 0.717) is 24.9 Å². The molecular weight excluding hydrogens is 392 g/mol. The van der Waals surface area contributed by atoms with Crippen LogP contribution in [0.5, 0.6) is 0 Å². The summed E-state index contributed by atoms with van der Waals surface area (Å²) >= 11 is 5.32. The maximum atomic E-state index is 11.3. The Bertz CT molecular complexity index is 714. The number of amides is 1. The van der Waals surface area contributed by atoms with Crippen molar-refractivity contribution >= 4 is 30.2 Å². The second-order valence-electron chi connectivity index (χ2n) is 6.73. The number of likely N-dealkylation sites (N-methyl/N-ethyl adjacent to an activating group) is 1. The molecule has 0 spiro atoms. The molecule has 0 N–H and O–H groups in total. The van der Waals surface area contributed by atoms with Gasteiger partial charge in [0.1, 0.15) is 19.0 Å². The third-order valence-electron chi connectivity index (χ3n) is 4.31. The molecule has 1 aromatic carbocycles. The SMILES string of the molecule is C=NC(=O)OCC[C@H](OC(=S)N(C)C)C1N(C)C=CN1COCc1ccccc1. The quantitative estimate of drug-likeness (QED) is 0.446. The van der Waals surface area contributed by atoms with Gasteiger partial charge in [0.25, 0.3) is 5.17 Å². The number of ether oxygens (including phenoxy) is 3. The lowest BCUT2D eigenvalue weighted by Gasteiger charge is -2.37. The van der Waals surface area contributed by atoms with Gasteiger partial charge in [-0.15, -0.1) is 0 Å². The first-order valence-electron chi connectivity index (χ1n) is 9.21. The summed E-state index contributed by atoms with van der Waals surface area (Å²) < 4.78 is 16.9. The summed E-state index contributed by atoms with van der Waals surface area (Å²) in [6.45, 7) is 4.19. The summed E-state index contributed by atoms with van der Waals surface area (Å²) in [5.41, 5.74) is 1.10. The van der Waals surface area contributed by atoms with Gasteiger partial charge >= 0.3 is 6.09 Å². The van der Waals surface area contributed by atoms with Gasteiger partial charge in [-0.25, -0.2) is 4.79 Å². The van der Waals surface area contributed by atoms with Crippen molar-refractivity contribution in [3.8, 4) is 0 Å². The third-order valence-corrected chi connectivity index (χ3v) is 4.77. The molecule has 0 aromatic heterocycles. The molecule has 158 valence electrons. The summed E-state index contributed by atoms with van der Waals surface area (Å²) in [5, 5.41) is 0.355. The highest BCUT2D eigenvalue weighted by molar-refractivity contribution is 7.80. The Hall–Kier alpha value is -2.65. The first-order valence-corrected chi connectivity index (χ1v) is 9.62. The molecular formula is C20H28N4O4S. The number of benzene rings is 1. The molecule has 1 aliphatic heterocycles. The number of carbonyl (C=O) groups is 1. The molecule has 1 amide bonds. The topological polar surface area (TPSA) is 66.8 Å². The van der Waals surface area contributed by atoms with E-state index in [1.807, 2.05) is 73.7 Å². The Kier molecular flexibility index (Phi) is 8.88. The van der Waals surface area contributed by atoms with Crippen LogP contribution >= 0.6 is 12.2 Å². The Labute approximate surface area is 177 Å². The number of hydrogen-bond donors (Lipinski definition) is 0. The number of carbonyl (C=O) groups excluding carboxylic acids is 1. The van der Waals surface area contributed by atoms with E-state index in [4.69, 9.17) is 26.4 Å². The molecule has 29 heavy (non-hydrogen) atoms. The molecule has 0 bridgehead atoms. The average molecular weight is 421 g/mol. The van der Waals surface area contributed by atoms with E-state index in [9.17, 15) is 4.79 Å². The minimum atomic E-state index is -0.708. The molecule has 2 rings (SSSR count). The predicted octanol–water partition coefficient (Wildman–Crippen LogP) is 2.66. The molecule has 0 saturated heterocycles. The molecule has 1 aliphatic rings. The van der Waals surface area contributed by atoms with Crippen molar-refractivity contribution in [1.82, 2.24) is 14.7 Å². The van der Waals surface area contributed by atoms with Gasteiger partial charge in [-0.05, 0) is 24.5 Å². The molecule has 0 radical (unpaired) electrons. The van der Waals surface area contributed by atoms with Gasteiger partial charge in [-0.1, -0.05) is 30.3 Å². The van der Waals surface area contributed by atoms with Gasteiger partial charge in [0.15, 0.2) is 0 Å². The van der Waals surface area contributed by atoms with E-state index >= 15 is 0 Å². The lowest BCUT2D eigenvalue weighted by Crippen LogP contribution is -2.49. The smallest absolute Gasteiger partial charge is 0.432 e. The van der Waals surface area contributed by atoms with Crippen LogP contribution in [0.3, 0.4) is 0 Å². The fraction of sp³-hybridized carbons (Fsp3) is 0.450. The van der Waals surface area contributed by atoms with Crippen molar-refractivity contribution in [3.05, 3.63) is 48.3 Å². The summed E-state index contributed by atoms with van der Waals surface area (Å²) in [5.74, 6) is 0. The van der Waals surface area contributed by atoms with E-state index in [0.717, 1.165) is 5.56 Å². The van der Waals surface area contributed by atoms with Crippen molar-refractivity contribution in [3.63, 3.8) is 0 Å². The second kappa shape index (κ2) is 11.4. The average Bonchev–Trinajstić information content (AvgIpc) is 3.08. The molecule has 1 unspecified atom stereocenters. The number of aliphatic imine (C=N–C) groups is 1. The number of thiocarbonyl (C=S) groups is 1. The fourth-order valence-corrected chi connectivity index (χ4v) is 2.97. The predicted molar refractivity (Wildman–Crippen MR) is 115 cm³/mol. The first-order chi connectivity index (χ1) is 13.9. The maximum Gasteiger partial charge on any atom is 0.432 e. The molecule has 8 nitrogen and oxygen atoms in total. The van der Waals surface area contributed by atoms with Crippen molar-refractivity contribution in [2.24, 2.45) is 4.99 Å². The molecule has 0 aliphatic carbocycles. The van der Waals surface area contributed by atoms with Crippen LogP contribution < -0.4 is 0 Å². The minimum Gasteiger partial charge on any atom is -0.463 e. The van der Waals surface area contributed by atoms with Crippen LogP contribution in [-0.4, -0.2) is 79.4 Å². The van der Waals surface area contributed by atoms with Gasteiger partial charge in [0.2, 0.25) is 0 Å². The van der Waals surface area contributed by atoms with E-state index in [2.05, 4.69) is 11.7 Å². The van der Waals surface area contributed by atoms with Crippen molar-refractivity contribution < 1.29 is 19.0 Å². The minimum absolute atomic E-state index is 0.140. The van der Waals surface area contributed by atoms with Crippen LogP contribution in [-0.2, 0) is 20.8 Å². The van der Waals surface area contributed by atoms with Gasteiger partial charge in [-0.3, -0.25) is 0 Å². The van der Waals surface area contributed by atoms with Crippen molar-refractivity contribution in [2.45, 2.75) is 25.3 Å². The molecule has 1 heterocycles. The Morgan fingerprint density at radius 2 is 2.03 bits per heavy atom. The zero-order valence-corrected chi connectivity index (χ0v) is 17.9. The molecule has 1 aromatic rings. The van der Waals surface area contributed by atoms with Gasteiger partial charge in [-0.2, -0.15) is 4.99 Å². The fourth-order valence-electron chi connectivity index (χ4n) is 2.85. The van der Waals surface area contributed by atoms with Crippen LogP contribution in [0.1, 0.15) is 12.0 Å². The zero-order valence-electron chi connectivity index (χ0n) is 17.1. The maximum absolute atomic E-state index is 11.3. The monoisotopic (exact) mass is 420 g/mol. The molecule has 0 saturated carbocycles. The van der Waals surface area contributed by atoms with Crippen molar-refractivity contribution in [1.29, 1.82) is 0 Å². The van der Waals surface area contributed by atoms with E-state index in [-0.39, 0.29) is 18.9 Å². The van der Waals surface area contributed by atoms with E-state index < -0.39 is 6.09 Å². The number of nitrogens with zero attached hydrogens (tertiary/aromatic N) is 4. The highest BCUT2D eigenvalue weighted by atomic mass is 32.1. The van der Waals surface area contributed by atoms with Crippen LogP contribution in [0.25, 0.3) is 0 Å². The van der Waals surface area contributed by atoms with Crippen LogP contribution in [0, 0.1) is 0 Å². The Morgan fingerprint density at radius 3 is 2.69 bits per heavy atom. The summed E-state index contributed by atoms with van der Waals surface area (Å²) in [7, 11) is 5.58. The summed E-state index contributed by atoms with van der Waals surface area (Å²) in [6, 6.07) is 9.98. The third kappa shape index (κ3) is 7.03. The largest absolute Gasteiger partial charge is 0.463 e. The van der Waals surface area contributed by atoms with Crippen LogP contribution in [0.4, 0.5) is 4.79 Å². The van der Waals surface area contributed by atoms with Gasteiger partial charge < -0.3 is 28.9 Å².